The van der Waals surface area contributed by atoms with Crippen LogP contribution in [-0.4, -0.2) is 25.9 Å². The van der Waals surface area contributed by atoms with Crippen LogP contribution in [0.4, 0.5) is 0 Å². The molecule has 0 radical (unpaired) electrons. The Morgan fingerprint density at radius 2 is 2.29 bits per heavy atom. The monoisotopic (exact) mass is 193 g/mol. The first-order valence-electron chi connectivity index (χ1n) is 4.72. The molecule has 0 bridgehead atoms. The summed E-state index contributed by atoms with van der Waals surface area (Å²) < 4.78 is 10.7. The summed E-state index contributed by atoms with van der Waals surface area (Å²) in [7, 11) is 1.66. The number of para-hydroxylation sites is 1. The van der Waals surface area contributed by atoms with Crippen molar-refractivity contribution in [2.45, 2.75) is 12.0 Å². The molecule has 0 unspecified atom stereocenters. The highest BCUT2D eigenvalue weighted by molar-refractivity contribution is 5.36. The van der Waals surface area contributed by atoms with Crippen molar-refractivity contribution in [3.8, 4) is 5.75 Å². The van der Waals surface area contributed by atoms with E-state index in [1.807, 2.05) is 24.3 Å². The van der Waals surface area contributed by atoms with E-state index in [0.717, 1.165) is 12.2 Å². The average molecular weight is 193 g/mol. The van der Waals surface area contributed by atoms with Crippen LogP contribution in [0.15, 0.2) is 24.3 Å². The zero-order valence-corrected chi connectivity index (χ0v) is 8.32. The van der Waals surface area contributed by atoms with Gasteiger partial charge in [0, 0.05) is 7.11 Å². The van der Waals surface area contributed by atoms with Gasteiger partial charge in [-0.2, -0.15) is 0 Å². The van der Waals surface area contributed by atoms with Crippen LogP contribution in [0, 0.1) is 0 Å². The van der Waals surface area contributed by atoms with Crippen molar-refractivity contribution >= 4 is 0 Å². The van der Waals surface area contributed by atoms with E-state index in [1.54, 1.807) is 7.11 Å². The summed E-state index contributed by atoms with van der Waals surface area (Å²) in [6.45, 7) is 1.05. The van der Waals surface area contributed by atoms with Crippen molar-refractivity contribution in [1.29, 1.82) is 0 Å². The quantitative estimate of drug-likeness (QED) is 0.761. The van der Waals surface area contributed by atoms with Crippen molar-refractivity contribution < 1.29 is 9.47 Å². The third kappa shape index (κ3) is 1.74. The lowest BCUT2D eigenvalue weighted by Crippen LogP contribution is -2.53. The summed E-state index contributed by atoms with van der Waals surface area (Å²) in [6.07, 6.45) is 0.816. The van der Waals surface area contributed by atoms with Crippen LogP contribution in [-0.2, 0) is 11.2 Å². The van der Waals surface area contributed by atoms with E-state index >= 15 is 0 Å². The average Bonchev–Trinajstić information content (AvgIpc) is 2.17. The minimum absolute atomic E-state index is 0.372. The van der Waals surface area contributed by atoms with Crippen LogP contribution in [0.25, 0.3) is 0 Å². The summed E-state index contributed by atoms with van der Waals surface area (Å²) in [5.74, 6) is 0.949. The van der Waals surface area contributed by atoms with E-state index in [9.17, 15) is 0 Å². The third-order valence-electron chi connectivity index (χ3n) is 2.46. The molecule has 1 aromatic carbocycles. The van der Waals surface area contributed by atoms with Gasteiger partial charge < -0.3 is 15.2 Å². The highest BCUT2D eigenvalue weighted by Gasteiger charge is 2.31. The molecule has 0 saturated heterocycles. The smallest absolute Gasteiger partial charge is 0.122 e. The predicted molar refractivity (Wildman–Crippen MR) is 54.4 cm³/mol. The lowest BCUT2D eigenvalue weighted by molar-refractivity contribution is 0.0843. The molecule has 3 nitrogen and oxygen atoms in total. The minimum Gasteiger partial charge on any atom is -0.491 e. The number of rotatable bonds is 2. The molecule has 1 aromatic rings. The van der Waals surface area contributed by atoms with E-state index in [1.165, 1.54) is 5.56 Å². The first-order chi connectivity index (χ1) is 6.73. The number of benzene rings is 1. The molecule has 0 aliphatic carbocycles. The molecule has 3 heteroatoms. The maximum absolute atomic E-state index is 6.13. The SMILES string of the molecule is COC[C@]1(N)COc2ccccc2C1. The Bertz CT molecular complexity index is 327. The van der Waals surface area contributed by atoms with Crippen molar-refractivity contribution in [3.63, 3.8) is 0 Å². The van der Waals surface area contributed by atoms with Crippen molar-refractivity contribution in [2.75, 3.05) is 20.3 Å². The lowest BCUT2D eigenvalue weighted by atomic mass is 9.91. The maximum atomic E-state index is 6.13. The van der Waals surface area contributed by atoms with Gasteiger partial charge in [-0.15, -0.1) is 0 Å². The van der Waals surface area contributed by atoms with E-state index < -0.39 is 0 Å². The van der Waals surface area contributed by atoms with Crippen molar-refractivity contribution in [3.05, 3.63) is 29.8 Å². The standard InChI is InChI=1S/C11H15NO2/c1-13-7-11(12)6-9-4-2-3-5-10(9)14-8-11/h2-5H,6-8,12H2,1H3/t11-/m0/s1. The molecule has 1 heterocycles. The summed E-state index contributed by atoms with van der Waals surface area (Å²) in [5, 5.41) is 0. The van der Waals surface area contributed by atoms with Crippen LogP contribution in [0.2, 0.25) is 0 Å². The van der Waals surface area contributed by atoms with Gasteiger partial charge in [-0.05, 0) is 18.1 Å². The molecule has 14 heavy (non-hydrogen) atoms. The molecule has 2 N–H and O–H groups in total. The summed E-state index contributed by atoms with van der Waals surface area (Å²) in [6, 6.07) is 7.99. The number of nitrogens with two attached hydrogens (primary N) is 1. The highest BCUT2D eigenvalue weighted by Crippen LogP contribution is 2.27. The summed E-state index contributed by atoms with van der Waals surface area (Å²) in [5.41, 5.74) is 6.93. The molecule has 0 amide bonds. The Hall–Kier alpha value is -1.06. The van der Waals surface area contributed by atoms with Gasteiger partial charge in [0.2, 0.25) is 0 Å². The fourth-order valence-electron chi connectivity index (χ4n) is 1.82. The van der Waals surface area contributed by atoms with Crippen LogP contribution < -0.4 is 10.5 Å². The first kappa shape index (κ1) is 9.49. The topological polar surface area (TPSA) is 44.5 Å². The molecule has 1 aliphatic rings. The number of hydrogen-bond donors (Lipinski definition) is 1. The van der Waals surface area contributed by atoms with Gasteiger partial charge in [0.05, 0.1) is 12.1 Å². The van der Waals surface area contributed by atoms with Crippen LogP contribution >= 0.6 is 0 Å². The molecule has 0 spiro atoms. The second-order valence-electron chi connectivity index (χ2n) is 3.87. The molecule has 1 atom stereocenters. The van der Waals surface area contributed by atoms with Crippen molar-refractivity contribution in [1.82, 2.24) is 0 Å². The number of fused-ring (bicyclic) bond motifs is 1. The van der Waals surface area contributed by atoms with Gasteiger partial charge in [0.15, 0.2) is 0 Å². The van der Waals surface area contributed by atoms with E-state index in [4.69, 9.17) is 15.2 Å². The van der Waals surface area contributed by atoms with Gasteiger partial charge >= 0.3 is 0 Å². The van der Waals surface area contributed by atoms with Gasteiger partial charge in [-0.1, -0.05) is 18.2 Å². The van der Waals surface area contributed by atoms with Crippen molar-refractivity contribution in [2.24, 2.45) is 5.73 Å². The van der Waals surface area contributed by atoms with Crippen LogP contribution in [0.1, 0.15) is 5.56 Å². The van der Waals surface area contributed by atoms with E-state index in [2.05, 4.69) is 0 Å². The fourth-order valence-corrected chi connectivity index (χ4v) is 1.82. The van der Waals surface area contributed by atoms with Crippen LogP contribution in [0.3, 0.4) is 0 Å². The normalized spacial score (nSPS) is 25.3. The molecule has 0 saturated carbocycles. The zero-order valence-electron chi connectivity index (χ0n) is 8.32. The number of ether oxygens (including phenoxy) is 2. The molecule has 2 rings (SSSR count). The predicted octanol–water partition coefficient (Wildman–Crippen LogP) is 0.965. The Morgan fingerprint density at radius 3 is 3.07 bits per heavy atom. The molecular weight excluding hydrogens is 178 g/mol. The second-order valence-corrected chi connectivity index (χ2v) is 3.87. The van der Waals surface area contributed by atoms with E-state index in [-0.39, 0.29) is 5.54 Å². The second kappa shape index (κ2) is 3.59. The number of methoxy groups -OCH3 is 1. The van der Waals surface area contributed by atoms with Gasteiger partial charge in [-0.25, -0.2) is 0 Å². The highest BCUT2D eigenvalue weighted by atomic mass is 16.5. The van der Waals surface area contributed by atoms with Gasteiger partial charge in [-0.3, -0.25) is 0 Å². The van der Waals surface area contributed by atoms with Gasteiger partial charge in [0.1, 0.15) is 12.4 Å². The molecule has 1 aliphatic heterocycles. The Morgan fingerprint density at radius 1 is 1.50 bits per heavy atom. The molecular formula is C11H15NO2. The molecule has 0 fully saturated rings. The maximum Gasteiger partial charge on any atom is 0.122 e. The largest absolute Gasteiger partial charge is 0.491 e. The Labute approximate surface area is 83.8 Å². The molecule has 0 aromatic heterocycles. The summed E-state index contributed by atoms with van der Waals surface area (Å²) in [4.78, 5) is 0. The summed E-state index contributed by atoms with van der Waals surface area (Å²) >= 11 is 0. The zero-order chi connectivity index (χ0) is 10.0. The Kier molecular flexibility index (Phi) is 2.44. The third-order valence-corrected chi connectivity index (χ3v) is 2.46. The minimum atomic E-state index is -0.372. The Balaban J connectivity index is 2.20. The first-order valence-corrected chi connectivity index (χ1v) is 4.72. The van der Waals surface area contributed by atoms with Gasteiger partial charge in [0.25, 0.3) is 0 Å². The number of hydrogen-bond acceptors (Lipinski definition) is 3. The van der Waals surface area contributed by atoms with E-state index in [0.29, 0.717) is 13.2 Å². The fraction of sp³-hybridized carbons (Fsp3) is 0.455. The van der Waals surface area contributed by atoms with Crippen LogP contribution in [0.5, 0.6) is 5.75 Å². The lowest BCUT2D eigenvalue weighted by Gasteiger charge is -2.33. The molecule has 76 valence electrons.